The Morgan fingerprint density at radius 1 is 1.33 bits per heavy atom. The van der Waals surface area contributed by atoms with Crippen molar-refractivity contribution in [3.63, 3.8) is 0 Å². The van der Waals surface area contributed by atoms with Crippen molar-refractivity contribution in [1.82, 2.24) is 4.90 Å². The van der Waals surface area contributed by atoms with Crippen LogP contribution < -0.4 is 9.47 Å². The number of rotatable bonds is 5. The Morgan fingerprint density at radius 2 is 2.00 bits per heavy atom. The average Bonchev–Trinajstić information content (AvgIpc) is 2.38. The van der Waals surface area contributed by atoms with Crippen molar-refractivity contribution in [2.75, 3.05) is 27.9 Å². The van der Waals surface area contributed by atoms with Crippen LogP contribution in [0, 0.1) is 6.92 Å². The highest BCUT2D eigenvalue weighted by Crippen LogP contribution is 2.31. The molecule has 0 aliphatic carbocycles. The van der Waals surface area contributed by atoms with Crippen LogP contribution in [0.15, 0.2) is 12.1 Å². The highest BCUT2D eigenvalue weighted by molar-refractivity contribution is 5.77. The molecule has 100 valence electrons. The lowest BCUT2D eigenvalue weighted by molar-refractivity contribution is -0.133. The van der Waals surface area contributed by atoms with Crippen LogP contribution in [0.3, 0.4) is 0 Å². The van der Waals surface area contributed by atoms with Crippen molar-refractivity contribution in [1.29, 1.82) is 0 Å². The van der Waals surface area contributed by atoms with E-state index in [-0.39, 0.29) is 5.91 Å². The smallest absolute Gasteiger partial charge is 0.248 e. The molecule has 0 aliphatic rings. The van der Waals surface area contributed by atoms with Crippen molar-refractivity contribution < 1.29 is 19.4 Å². The zero-order valence-corrected chi connectivity index (χ0v) is 11.2. The Kier molecular flexibility index (Phi) is 4.97. The van der Waals surface area contributed by atoms with E-state index in [1.54, 1.807) is 21.3 Å². The third kappa shape index (κ3) is 2.92. The van der Waals surface area contributed by atoms with Gasteiger partial charge in [0, 0.05) is 24.7 Å². The molecular formula is C13H19NO4. The summed E-state index contributed by atoms with van der Waals surface area (Å²) in [5, 5.41) is 8.80. The summed E-state index contributed by atoms with van der Waals surface area (Å²) in [6.45, 7) is 1.79. The lowest BCUT2D eigenvalue weighted by atomic mass is 10.1. The molecule has 1 N–H and O–H groups in total. The van der Waals surface area contributed by atoms with Gasteiger partial charge in [-0.05, 0) is 19.1 Å². The van der Waals surface area contributed by atoms with Gasteiger partial charge in [0.1, 0.15) is 18.1 Å². The summed E-state index contributed by atoms with van der Waals surface area (Å²) < 4.78 is 10.6. The van der Waals surface area contributed by atoms with E-state index < -0.39 is 6.61 Å². The molecule has 0 saturated carbocycles. The molecular weight excluding hydrogens is 234 g/mol. The quantitative estimate of drug-likeness (QED) is 0.849. The maximum absolute atomic E-state index is 11.3. The number of ether oxygens (including phenoxy) is 2. The van der Waals surface area contributed by atoms with Crippen LogP contribution in [0.2, 0.25) is 0 Å². The van der Waals surface area contributed by atoms with E-state index in [2.05, 4.69) is 0 Å². The van der Waals surface area contributed by atoms with E-state index >= 15 is 0 Å². The van der Waals surface area contributed by atoms with Crippen molar-refractivity contribution >= 4 is 5.91 Å². The third-order valence-corrected chi connectivity index (χ3v) is 2.83. The first-order chi connectivity index (χ1) is 8.54. The van der Waals surface area contributed by atoms with Gasteiger partial charge in [0.05, 0.1) is 14.2 Å². The highest BCUT2D eigenvalue weighted by Gasteiger charge is 2.14. The zero-order chi connectivity index (χ0) is 13.7. The van der Waals surface area contributed by atoms with E-state index in [4.69, 9.17) is 14.6 Å². The summed E-state index contributed by atoms with van der Waals surface area (Å²) in [6.07, 6.45) is 0. The second kappa shape index (κ2) is 6.26. The van der Waals surface area contributed by atoms with Crippen LogP contribution in [-0.4, -0.2) is 43.8 Å². The molecule has 1 aromatic carbocycles. The van der Waals surface area contributed by atoms with Gasteiger partial charge in [0.2, 0.25) is 5.91 Å². The van der Waals surface area contributed by atoms with E-state index in [1.165, 1.54) is 4.90 Å². The molecule has 0 heterocycles. The number of carbonyl (C=O) groups is 1. The molecule has 0 atom stereocenters. The number of aliphatic hydroxyl groups is 1. The maximum Gasteiger partial charge on any atom is 0.248 e. The van der Waals surface area contributed by atoms with Gasteiger partial charge in [-0.25, -0.2) is 0 Å². The molecule has 0 aromatic heterocycles. The average molecular weight is 253 g/mol. The molecule has 0 aliphatic heterocycles. The summed E-state index contributed by atoms with van der Waals surface area (Å²) in [6, 6.07) is 3.69. The first kappa shape index (κ1) is 14.3. The Hall–Kier alpha value is -1.75. The van der Waals surface area contributed by atoms with Gasteiger partial charge in [-0.2, -0.15) is 0 Å². The van der Waals surface area contributed by atoms with Crippen LogP contribution in [-0.2, 0) is 11.3 Å². The minimum atomic E-state index is -0.492. The summed E-state index contributed by atoms with van der Waals surface area (Å²) in [7, 11) is 4.82. The number of hydrogen-bond donors (Lipinski definition) is 1. The maximum atomic E-state index is 11.3. The van der Waals surface area contributed by atoms with Crippen molar-refractivity contribution in [2.24, 2.45) is 0 Å². The lowest BCUT2D eigenvalue weighted by Gasteiger charge is -2.19. The number of likely N-dealkylation sites (N-methyl/N-ethyl adjacent to an activating group) is 1. The molecule has 1 amide bonds. The van der Waals surface area contributed by atoms with Crippen molar-refractivity contribution in [3.05, 3.63) is 23.3 Å². The molecule has 5 nitrogen and oxygen atoms in total. The SMILES string of the molecule is COc1ccc(CN(C)C(=O)CO)c(OC)c1C. The Morgan fingerprint density at radius 3 is 2.50 bits per heavy atom. The number of nitrogens with zero attached hydrogens (tertiary/aromatic N) is 1. The van der Waals surface area contributed by atoms with Gasteiger partial charge in [-0.15, -0.1) is 0 Å². The van der Waals surface area contributed by atoms with Crippen molar-refractivity contribution in [3.8, 4) is 11.5 Å². The number of hydrogen-bond acceptors (Lipinski definition) is 4. The molecule has 0 saturated heterocycles. The molecule has 5 heteroatoms. The minimum absolute atomic E-state index is 0.328. The number of methoxy groups -OCH3 is 2. The zero-order valence-electron chi connectivity index (χ0n) is 11.2. The van der Waals surface area contributed by atoms with Gasteiger partial charge in [-0.1, -0.05) is 0 Å². The predicted octanol–water partition coefficient (Wildman–Crippen LogP) is 0.963. The summed E-state index contributed by atoms with van der Waals surface area (Å²) in [5.74, 6) is 1.12. The Bertz CT molecular complexity index is 431. The van der Waals surface area contributed by atoms with Gasteiger partial charge >= 0.3 is 0 Å². The van der Waals surface area contributed by atoms with Crippen LogP contribution >= 0.6 is 0 Å². The first-order valence-corrected chi connectivity index (χ1v) is 5.60. The molecule has 0 radical (unpaired) electrons. The Balaban J connectivity index is 3.03. The van der Waals surface area contributed by atoms with Gasteiger partial charge in [0.15, 0.2) is 0 Å². The second-order valence-electron chi connectivity index (χ2n) is 3.99. The van der Waals surface area contributed by atoms with Gasteiger partial charge < -0.3 is 19.5 Å². The number of carbonyl (C=O) groups excluding carboxylic acids is 1. The standard InChI is InChI=1S/C13H19NO4/c1-9-11(17-3)6-5-10(13(9)18-4)7-14(2)12(16)8-15/h5-6,15H,7-8H2,1-4H3. The number of aliphatic hydroxyl groups excluding tert-OH is 1. The first-order valence-electron chi connectivity index (χ1n) is 5.60. The molecule has 1 rings (SSSR count). The lowest BCUT2D eigenvalue weighted by Crippen LogP contribution is -2.28. The van der Waals surface area contributed by atoms with Crippen LogP contribution in [0.1, 0.15) is 11.1 Å². The highest BCUT2D eigenvalue weighted by atomic mass is 16.5. The van der Waals surface area contributed by atoms with Gasteiger partial charge in [0.25, 0.3) is 0 Å². The summed E-state index contributed by atoms with van der Waals surface area (Å²) in [4.78, 5) is 12.8. The van der Waals surface area contributed by atoms with E-state index in [1.807, 2.05) is 19.1 Å². The van der Waals surface area contributed by atoms with Crippen LogP contribution in [0.4, 0.5) is 0 Å². The molecule has 0 bridgehead atoms. The largest absolute Gasteiger partial charge is 0.496 e. The minimum Gasteiger partial charge on any atom is -0.496 e. The molecule has 18 heavy (non-hydrogen) atoms. The molecule has 0 unspecified atom stereocenters. The van der Waals surface area contributed by atoms with E-state index in [0.29, 0.717) is 12.3 Å². The number of amides is 1. The number of benzene rings is 1. The van der Waals surface area contributed by atoms with Crippen LogP contribution in [0.25, 0.3) is 0 Å². The monoisotopic (exact) mass is 253 g/mol. The Labute approximate surface area is 107 Å². The molecule has 0 fully saturated rings. The fourth-order valence-electron chi connectivity index (χ4n) is 1.82. The van der Waals surface area contributed by atoms with E-state index in [0.717, 1.165) is 16.9 Å². The second-order valence-corrected chi connectivity index (χ2v) is 3.99. The fourth-order valence-corrected chi connectivity index (χ4v) is 1.82. The normalized spacial score (nSPS) is 10.1. The predicted molar refractivity (Wildman–Crippen MR) is 67.8 cm³/mol. The van der Waals surface area contributed by atoms with Gasteiger partial charge in [-0.3, -0.25) is 4.79 Å². The fraction of sp³-hybridized carbons (Fsp3) is 0.462. The van der Waals surface area contributed by atoms with Crippen molar-refractivity contribution in [2.45, 2.75) is 13.5 Å². The summed E-state index contributed by atoms with van der Waals surface area (Å²) >= 11 is 0. The van der Waals surface area contributed by atoms with E-state index in [9.17, 15) is 4.79 Å². The third-order valence-electron chi connectivity index (χ3n) is 2.83. The molecule has 1 aromatic rings. The topological polar surface area (TPSA) is 59.0 Å². The summed E-state index contributed by atoms with van der Waals surface area (Å²) in [5.41, 5.74) is 1.77. The van der Waals surface area contributed by atoms with Crippen LogP contribution in [0.5, 0.6) is 11.5 Å². The molecule has 0 spiro atoms.